The first-order valence-corrected chi connectivity index (χ1v) is 7.96. The molecule has 0 aliphatic carbocycles. The highest BCUT2D eigenvalue weighted by Gasteiger charge is 2.22. The van der Waals surface area contributed by atoms with E-state index < -0.39 is 16.1 Å². The number of aliphatic hydroxyl groups is 1. The number of rotatable bonds is 5. The minimum atomic E-state index is -3.73. The Hall–Kier alpha value is -1.89. The first-order valence-electron chi connectivity index (χ1n) is 6.48. The number of hydrogen-bond acceptors (Lipinski definition) is 4. The van der Waals surface area contributed by atoms with E-state index in [9.17, 15) is 13.5 Å². The fraction of sp³-hybridized carbons (Fsp3) is 0.200. The van der Waals surface area contributed by atoms with Crippen LogP contribution in [0, 0.1) is 6.92 Å². The average Bonchev–Trinajstić information content (AvgIpc) is 2.45. The summed E-state index contributed by atoms with van der Waals surface area (Å²) in [5.74, 6) is 0. The fourth-order valence-corrected chi connectivity index (χ4v) is 3.56. The molecular formula is C15H18N2O3S. The maximum absolute atomic E-state index is 12.4. The Balaban J connectivity index is 2.32. The van der Waals surface area contributed by atoms with Crippen LogP contribution in [-0.2, 0) is 10.0 Å². The van der Waals surface area contributed by atoms with Crippen molar-refractivity contribution in [1.29, 1.82) is 0 Å². The number of anilines is 1. The van der Waals surface area contributed by atoms with E-state index in [0.717, 1.165) is 0 Å². The summed E-state index contributed by atoms with van der Waals surface area (Å²) < 4.78 is 27.4. The monoisotopic (exact) mass is 306 g/mol. The van der Waals surface area contributed by atoms with Crippen LogP contribution in [0.1, 0.15) is 17.2 Å². The average molecular weight is 306 g/mol. The van der Waals surface area contributed by atoms with Crippen LogP contribution >= 0.6 is 0 Å². The van der Waals surface area contributed by atoms with Crippen molar-refractivity contribution in [3.05, 3.63) is 59.7 Å². The Morgan fingerprint density at radius 3 is 2.43 bits per heavy atom. The van der Waals surface area contributed by atoms with Crippen LogP contribution in [0.15, 0.2) is 53.4 Å². The zero-order chi connectivity index (χ0) is 15.5. The molecule has 0 amide bonds. The van der Waals surface area contributed by atoms with Gasteiger partial charge in [-0.3, -0.25) is 0 Å². The molecule has 21 heavy (non-hydrogen) atoms. The zero-order valence-corrected chi connectivity index (χ0v) is 12.5. The third kappa shape index (κ3) is 3.60. The zero-order valence-electron chi connectivity index (χ0n) is 11.7. The molecule has 0 aliphatic rings. The molecule has 1 atom stereocenters. The SMILES string of the molecule is Cc1cc(N)ccc1S(=O)(=O)N[C@@H](CO)c1ccccc1. The maximum Gasteiger partial charge on any atom is 0.241 e. The highest BCUT2D eigenvalue weighted by molar-refractivity contribution is 7.89. The molecule has 0 saturated heterocycles. The topological polar surface area (TPSA) is 92.4 Å². The summed E-state index contributed by atoms with van der Waals surface area (Å²) >= 11 is 0. The normalized spacial score (nSPS) is 13.0. The van der Waals surface area contributed by atoms with Crippen molar-refractivity contribution in [3.8, 4) is 0 Å². The molecule has 0 unspecified atom stereocenters. The minimum Gasteiger partial charge on any atom is -0.399 e. The van der Waals surface area contributed by atoms with Gasteiger partial charge in [0.05, 0.1) is 17.5 Å². The van der Waals surface area contributed by atoms with Gasteiger partial charge in [-0.15, -0.1) is 0 Å². The molecule has 0 radical (unpaired) electrons. The second kappa shape index (κ2) is 6.26. The molecule has 5 nitrogen and oxygen atoms in total. The summed E-state index contributed by atoms with van der Waals surface area (Å²) in [6.07, 6.45) is 0. The number of benzene rings is 2. The van der Waals surface area contributed by atoms with Crippen molar-refractivity contribution in [1.82, 2.24) is 4.72 Å². The fourth-order valence-electron chi connectivity index (χ4n) is 2.12. The van der Waals surface area contributed by atoms with Gasteiger partial charge in [-0.05, 0) is 36.2 Å². The van der Waals surface area contributed by atoms with E-state index in [-0.39, 0.29) is 11.5 Å². The van der Waals surface area contributed by atoms with Crippen LogP contribution in [0.4, 0.5) is 5.69 Å². The maximum atomic E-state index is 12.4. The summed E-state index contributed by atoms with van der Waals surface area (Å²) in [5.41, 5.74) is 7.41. The molecule has 0 aromatic heterocycles. The summed E-state index contributed by atoms with van der Waals surface area (Å²) in [6.45, 7) is 1.36. The number of nitrogens with two attached hydrogens (primary N) is 1. The van der Waals surface area contributed by atoms with Crippen LogP contribution in [0.2, 0.25) is 0 Å². The predicted octanol–water partition coefficient (Wildman–Crippen LogP) is 1.59. The molecule has 0 saturated carbocycles. The third-order valence-electron chi connectivity index (χ3n) is 3.17. The third-order valence-corrected chi connectivity index (χ3v) is 4.80. The largest absolute Gasteiger partial charge is 0.399 e. The number of aryl methyl sites for hydroxylation is 1. The smallest absolute Gasteiger partial charge is 0.241 e. The molecule has 2 aromatic carbocycles. The predicted molar refractivity (Wildman–Crippen MR) is 82.2 cm³/mol. The molecule has 0 aliphatic heterocycles. The van der Waals surface area contributed by atoms with Gasteiger partial charge in [0, 0.05) is 5.69 Å². The Morgan fingerprint density at radius 2 is 1.86 bits per heavy atom. The van der Waals surface area contributed by atoms with Gasteiger partial charge in [-0.1, -0.05) is 30.3 Å². The molecule has 4 N–H and O–H groups in total. The summed E-state index contributed by atoms with van der Waals surface area (Å²) in [4.78, 5) is 0.158. The van der Waals surface area contributed by atoms with Crippen molar-refractivity contribution in [2.24, 2.45) is 0 Å². The molecule has 112 valence electrons. The van der Waals surface area contributed by atoms with Gasteiger partial charge in [0.1, 0.15) is 0 Å². The van der Waals surface area contributed by atoms with Crippen LogP contribution in [-0.4, -0.2) is 20.1 Å². The van der Waals surface area contributed by atoms with Gasteiger partial charge in [-0.25, -0.2) is 13.1 Å². The van der Waals surface area contributed by atoms with Crippen molar-refractivity contribution in [2.75, 3.05) is 12.3 Å². The van der Waals surface area contributed by atoms with E-state index in [2.05, 4.69) is 4.72 Å². The van der Waals surface area contributed by atoms with E-state index in [1.54, 1.807) is 37.3 Å². The lowest BCUT2D eigenvalue weighted by Crippen LogP contribution is -2.31. The van der Waals surface area contributed by atoms with Gasteiger partial charge in [0.2, 0.25) is 10.0 Å². The van der Waals surface area contributed by atoms with E-state index in [0.29, 0.717) is 16.8 Å². The first kappa shape index (κ1) is 15.5. The number of aliphatic hydroxyl groups excluding tert-OH is 1. The van der Waals surface area contributed by atoms with Crippen molar-refractivity contribution in [2.45, 2.75) is 17.9 Å². The van der Waals surface area contributed by atoms with Gasteiger partial charge in [-0.2, -0.15) is 0 Å². The number of hydrogen-bond donors (Lipinski definition) is 3. The molecule has 2 rings (SSSR count). The Kier molecular flexibility index (Phi) is 4.62. The van der Waals surface area contributed by atoms with Crippen LogP contribution < -0.4 is 10.5 Å². The van der Waals surface area contributed by atoms with E-state index in [4.69, 9.17) is 5.73 Å². The van der Waals surface area contributed by atoms with Gasteiger partial charge >= 0.3 is 0 Å². The standard InChI is InChI=1S/C15H18N2O3S/c1-11-9-13(16)7-8-15(11)21(19,20)17-14(10-18)12-5-3-2-4-6-12/h2-9,14,17-18H,10,16H2,1H3/t14-/m0/s1. The van der Waals surface area contributed by atoms with Gasteiger partial charge < -0.3 is 10.8 Å². The van der Waals surface area contributed by atoms with Crippen LogP contribution in [0.3, 0.4) is 0 Å². The van der Waals surface area contributed by atoms with E-state index in [1.807, 2.05) is 6.07 Å². The molecule has 0 bridgehead atoms. The number of sulfonamides is 1. The van der Waals surface area contributed by atoms with Gasteiger partial charge in [0.15, 0.2) is 0 Å². The summed E-state index contributed by atoms with van der Waals surface area (Å²) in [7, 11) is -3.73. The second-order valence-electron chi connectivity index (χ2n) is 4.79. The quantitative estimate of drug-likeness (QED) is 0.731. The van der Waals surface area contributed by atoms with Crippen molar-refractivity contribution < 1.29 is 13.5 Å². The van der Waals surface area contributed by atoms with Crippen LogP contribution in [0.25, 0.3) is 0 Å². The molecular weight excluding hydrogens is 288 g/mol. The molecule has 0 fully saturated rings. The lowest BCUT2D eigenvalue weighted by molar-refractivity contribution is 0.259. The number of nitrogens with one attached hydrogen (secondary N) is 1. The Morgan fingerprint density at radius 1 is 1.19 bits per heavy atom. The van der Waals surface area contributed by atoms with Crippen molar-refractivity contribution >= 4 is 15.7 Å². The van der Waals surface area contributed by atoms with E-state index in [1.165, 1.54) is 12.1 Å². The molecule has 2 aromatic rings. The van der Waals surface area contributed by atoms with E-state index >= 15 is 0 Å². The summed E-state index contributed by atoms with van der Waals surface area (Å²) in [5, 5.41) is 9.46. The summed E-state index contributed by atoms with van der Waals surface area (Å²) in [6, 6.07) is 12.9. The number of nitrogen functional groups attached to an aromatic ring is 1. The highest BCUT2D eigenvalue weighted by atomic mass is 32.2. The van der Waals surface area contributed by atoms with Gasteiger partial charge in [0.25, 0.3) is 0 Å². The lowest BCUT2D eigenvalue weighted by Gasteiger charge is -2.18. The minimum absolute atomic E-state index is 0.158. The highest BCUT2D eigenvalue weighted by Crippen LogP contribution is 2.21. The molecule has 6 heteroatoms. The molecule has 0 heterocycles. The Bertz CT molecular complexity index is 715. The van der Waals surface area contributed by atoms with Crippen LogP contribution in [0.5, 0.6) is 0 Å². The first-order chi connectivity index (χ1) is 9.94. The Labute approximate surface area is 124 Å². The lowest BCUT2D eigenvalue weighted by atomic mass is 10.1. The van der Waals surface area contributed by atoms with Crippen molar-refractivity contribution in [3.63, 3.8) is 0 Å². The molecule has 0 spiro atoms. The second-order valence-corrected chi connectivity index (χ2v) is 6.47.